The lowest BCUT2D eigenvalue weighted by molar-refractivity contribution is -0.139. The molecule has 1 fully saturated rings. The van der Waals surface area contributed by atoms with E-state index in [1.807, 2.05) is 0 Å². The molecule has 0 radical (unpaired) electrons. The number of alkyl halides is 3. The highest BCUT2D eigenvalue weighted by Gasteiger charge is 2.59. The summed E-state index contributed by atoms with van der Waals surface area (Å²) >= 11 is 0. The van der Waals surface area contributed by atoms with Gasteiger partial charge in [0.25, 0.3) is 0 Å². The topological polar surface area (TPSA) is 114 Å². The lowest BCUT2D eigenvalue weighted by atomic mass is 10.1. The summed E-state index contributed by atoms with van der Waals surface area (Å²) in [7, 11) is 0. The molecule has 6 rings (SSSR count). The van der Waals surface area contributed by atoms with Gasteiger partial charge in [0.15, 0.2) is 0 Å². The Kier molecular flexibility index (Phi) is 5.10. The van der Waals surface area contributed by atoms with Gasteiger partial charge in [0.2, 0.25) is 0 Å². The number of anilines is 2. The molecule has 1 saturated carbocycles. The summed E-state index contributed by atoms with van der Waals surface area (Å²) in [5.41, 5.74) is -0.162. The average molecular weight is 515 g/mol. The molecule has 3 aliphatic rings. The van der Waals surface area contributed by atoms with E-state index in [4.69, 9.17) is 9.47 Å². The average Bonchev–Trinajstić information content (AvgIpc) is 3.35. The van der Waals surface area contributed by atoms with Crippen molar-refractivity contribution in [3.05, 3.63) is 71.2 Å². The molecule has 3 heterocycles. The second-order valence-electron chi connectivity index (χ2n) is 8.67. The Labute approximate surface area is 206 Å². The maximum absolute atomic E-state index is 13.5. The fourth-order valence-electron chi connectivity index (χ4n) is 4.51. The summed E-state index contributed by atoms with van der Waals surface area (Å²) in [5, 5.41) is 10.3. The molecule has 190 valence electrons. The van der Waals surface area contributed by atoms with E-state index in [2.05, 4.69) is 26.3 Å². The van der Waals surface area contributed by atoms with Crippen molar-refractivity contribution in [1.29, 1.82) is 0 Å². The molecule has 0 saturated heterocycles. The minimum atomic E-state index is -4.89. The zero-order valence-electron chi connectivity index (χ0n) is 18.7. The van der Waals surface area contributed by atoms with Crippen molar-refractivity contribution in [2.75, 3.05) is 10.6 Å². The number of nitrogens with zero attached hydrogens (tertiary/aromatic N) is 1. The van der Waals surface area contributed by atoms with Crippen LogP contribution in [0.1, 0.15) is 22.6 Å². The molecule has 9 nitrogen and oxygen atoms in total. The Balaban J connectivity index is 1.13. The predicted octanol–water partition coefficient (Wildman–Crippen LogP) is 4.72. The van der Waals surface area contributed by atoms with E-state index in [0.717, 1.165) is 11.6 Å². The monoisotopic (exact) mass is 515 g/mol. The zero-order valence-corrected chi connectivity index (χ0v) is 18.7. The fourth-order valence-corrected chi connectivity index (χ4v) is 4.51. The maximum atomic E-state index is 13.5. The van der Waals surface area contributed by atoms with Crippen LogP contribution in [0, 0.1) is 5.82 Å². The van der Waals surface area contributed by atoms with Crippen LogP contribution < -0.4 is 30.7 Å². The van der Waals surface area contributed by atoms with E-state index in [1.165, 1.54) is 6.20 Å². The van der Waals surface area contributed by atoms with E-state index in [-0.39, 0.29) is 30.3 Å². The van der Waals surface area contributed by atoms with Gasteiger partial charge in [-0.25, -0.2) is 19.0 Å². The third kappa shape index (κ3) is 4.21. The molecule has 2 aromatic carbocycles. The minimum Gasteiger partial charge on any atom is -0.487 e. The molecule has 1 aromatic heterocycles. The van der Waals surface area contributed by atoms with E-state index in [1.54, 1.807) is 24.3 Å². The number of amides is 4. The van der Waals surface area contributed by atoms with Crippen molar-refractivity contribution in [3.8, 4) is 17.2 Å². The van der Waals surface area contributed by atoms with Crippen LogP contribution >= 0.6 is 0 Å². The summed E-state index contributed by atoms with van der Waals surface area (Å²) in [6.07, 6.45) is -3.70. The lowest BCUT2D eigenvalue weighted by Crippen LogP contribution is -2.34. The number of fused-ring (bicyclic) bond motifs is 4. The van der Waals surface area contributed by atoms with Crippen molar-refractivity contribution in [1.82, 2.24) is 15.6 Å². The normalized spacial score (nSPS) is 20.9. The second kappa shape index (κ2) is 8.25. The van der Waals surface area contributed by atoms with Crippen molar-refractivity contribution in [3.63, 3.8) is 0 Å². The molecule has 3 unspecified atom stereocenters. The molecule has 13 heteroatoms. The van der Waals surface area contributed by atoms with Gasteiger partial charge in [-0.05, 0) is 42.5 Å². The molecular formula is C24H17F4N5O4. The highest BCUT2D eigenvalue weighted by atomic mass is 19.4. The maximum Gasteiger partial charge on any atom is 0.419 e. The predicted molar refractivity (Wildman–Crippen MR) is 121 cm³/mol. The molecule has 2 aliphatic heterocycles. The number of halogens is 4. The Hall–Kier alpha value is -4.55. The Morgan fingerprint density at radius 3 is 2.81 bits per heavy atom. The summed E-state index contributed by atoms with van der Waals surface area (Å²) in [5.74, 6) is 0.471. The minimum absolute atomic E-state index is 0.171. The number of urea groups is 2. The molecule has 1 aliphatic carbocycles. The number of pyridine rings is 1. The number of carbonyl (C=O) groups excluding carboxylic acids is 2. The largest absolute Gasteiger partial charge is 0.487 e. The quantitative estimate of drug-likeness (QED) is 0.376. The molecule has 4 N–H and O–H groups in total. The van der Waals surface area contributed by atoms with Gasteiger partial charge in [-0.2, -0.15) is 13.2 Å². The van der Waals surface area contributed by atoms with Gasteiger partial charge in [0, 0.05) is 17.4 Å². The van der Waals surface area contributed by atoms with Crippen LogP contribution in [0.2, 0.25) is 0 Å². The van der Waals surface area contributed by atoms with Gasteiger partial charge in [-0.1, -0.05) is 0 Å². The first-order valence-electron chi connectivity index (χ1n) is 11.1. The zero-order chi connectivity index (χ0) is 25.9. The third-order valence-corrected chi connectivity index (χ3v) is 6.28. The van der Waals surface area contributed by atoms with Crippen LogP contribution in [0.5, 0.6) is 17.2 Å². The molecular weight excluding hydrogens is 498 g/mol. The Morgan fingerprint density at radius 1 is 1.16 bits per heavy atom. The number of hydrogen-bond donors (Lipinski definition) is 4. The van der Waals surface area contributed by atoms with Gasteiger partial charge in [0.05, 0.1) is 29.6 Å². The van der Waals surface area contributed by atoms with Gasteiger partial charge in [-0.15, -0.1) is 0 Å². The first-order chi connectivity index (χ1) is 17.7. The number of hydrogen-bond acceptors (Lipinski definition) is 5. The molecule has 0 spiro atoms. The molecule has 0 bridgehead atoms. The van der Waals surface area contributed by atoms with E-state index < -0.39 is 29.6 Å². The molecule has 37 heavy (non-hydrogen) atoms. The van der Waals surface area contributed by atoms with Crippen LogP contribution in [0.4, 0.5) is 38.7 Å². The Morgan fingerprint density at radius 2 is 2.00 bits per heavy atom. The molecule has 3 aromatic rings. The van der Waals surface area contributed by atoms with Crippen LogP contribution in [0.25, 0.3) is 0 Å². The van der Waals surface area contributed by atoms with Crippen molar-refractivity contribution in [2.24, 2.45) is 0 Å². The third-order valence-electron chi connectivity index (χ3n) is 6.28. The number of carbonyl (C=O) groups is 2. The smallest absolute Gasteiger partial charge is 0.419 e. The second-order valence-corrected chi connectivity index (χ2v) is 8.67. The highest BCUT2D eigenvalue weighted by molar-refractivity contribution is 5.91. The Bertz CT molecular complexity index is 1450. The first kappa shape index (κ1) is 22.9. The standard InChI is InChI=1S/C24H17F4N5O4/c25-15-3-1-10(7-14(15)24(26,27)28)31-23(35)32-19-18-12-8-11(2-4-16(12)37-20(18)19)36-17-5-6-29-21-13(17)9-30-22(34)33-21/h1-8,18-20H,9H2,(H2,31,32,35)(H2,29,30,33,34). The van der Waals surface area contributed by atoms with E-state index in [0.29, 0.717) is 40.8 Å². The summed E-state index contributed by atoms with van der Waals surface area (Å²) in [6.45, 7) is 0.253. The summed E-state index contributed by atoms with van der Waals surface area (Å²) in [6, 6.07) is 7.68. The number of ether oxygens (including phenoxy) is 2. The lowest BCUT2D eigenvalue weighted by Gasteiger charge is -2.20. The number of aromatic nitrogens is 1. The summed E-state index contributed by atoms with van der Waals surface area (Å²) in [4.78, 5) is 28.1. The van der Waals surface area contributed by atoms with Gasteiger partial charge in [0.1, 0.15) is 35.0 Å². The highest BCUT2D eigenvalue weighted by Crippen LogP contribution is 2.54. The molecule has 3 atom stereocenters. The van der Waals surface area contributed by atoms with Gasteiger partial charge in [-0.3, -0.25) is 5.32 Å². The summed E-state index contributed by atoms with van der Waals surface area (Å²) < 4.78 is 64.2. The van der Waals surface area contributed by atoms with E-state index >= 15 is 0 Å². The van der Waals surface area contributed by atoms with Crippen molar-refractivity contribution in [2.45, 2.75) is 30.8 Å². The first-order valence-corrected chi connectivity index (χ1v) is 11.1. The molecule has 4 amide bonds. The number of rotatable bonds is 4. The van der Waals surface area contributed by atoms with Crippen molar-refractivity contribution < 1.29 is 36.6 Å². The van der Waals surface area contributed by atoms with Crippen LogP contribution in [-0.4, -0.2) is 29.2 Å². The van der Waals surface area contributed by atoms with Crippen LogP contribution in [-0.2, 0) is 12.7 Å². The SMILES string of the molecule is O=C1NCc2c(Oc3ccc4c(c3)C3C(NC(=O)Nc5ccc(F)c(C(F)(F)F)c5)C3O4)ccnc2N1. The number of benzene rings is 2. The van der Waals surface area contributed by atoms with Crippen molar-refractivity contribution >= 4 is 23.6 Å². The van der Waals surface area contributed by atoms with Gasteiger partial charge >= 0.3 is 18.2 Å². The fraction of sp³-hybridized carbons (Fsp3) is 0.208. The van der Waals surface area contributed by atoms with Crippen LogP contribution in [0.15, 0.2) is 48.7 Å². The van der Waals surface area contributed by atoms with Crippen LogP contribution in [0.3, 0.4) is 0 Å². The van der Waals surface area contributed by atoms with Gasteiger partial charge < -0.3 is 25.4 Å². The van der Waals surface area contributed by atoms with E-state index in [9.17, 15) is 27.2 Å². The number of nitrogens with one attached hydrogen (secondary N) is 4.